The maximum absolute atomic E-state index is 11.7. The van der Waals surface area contributed by atoms with Crippen molar-refractivity contribution in [1.82, 2.24) is 43.9 Å². The highest BCUT2D eigenvalue weighted by atomic mass is 32.1. The molecule has 7 aromatic heterocycles. The average Bonchev–Trinajstić information content (AvgIpc) is 2.25. The summed E-state index contributed by atoms with van der Waals surface area (Å²) in [5.41, 5.74) is 9.41. The number of thiazole rings is 1. The Labute approximate surface area is 547 Å². The van der Waals surface area contributed by atoms with E-state index in [1.807, 2.05) is 264 Å². The van der Waals surface area contributed by atoms with Crippen molar-refractivity contribution in [3.05, 3.63) is 186 Å². The second-order valence-corrected chi connectivity index (χ2v) is 21.7. The molecule has 0 aliphatic carbocycles. The number of aromatic amines is 1. The van der Waals surface area contributed by atoms with Gasteiger partial charge in [0.2, 0.25) is 11.6 Å². The Morgan fingerprint density at radius 1 is 0.489 bits per heavy atom. The lowest BCUT2D eigenvalue weighted by molar-refractivity contribution is -0.115. The van der Waals surface area contributed by atoms with E-state index in [4.69, 9.17) is 4.42 Å². The number of hydrogen-bond donors (Lipinski definition) is 1. The van der Waals surface area contributed by atoms with E-state index in [1.165, 1.54) is 18.3 Å². The minimum absolute atomic E-state index is 0.00120. The van der Waals surface area contributed by atoms with E-state index in [0.717, 1.165) is 43.7 Å². The van der Waals surface area contributed by atoms with Crippen molar-refractivity contribution in [1.29, 1.82) is 0 Å². The van der Waals surface area contributed by atoms with Crippen LogP contribution < -0.4 is 0 Å². The van der Waals surface area contributed by atoms with Crippen LogP contribution in [0.15, 0.2) is 162 Å². The molecule has 17 nitrogen and oxygen atoms in total. The molecule has 0 unspecified atom stereocenters. The molecule has 11 aromatic rings. The minimum atomic E-state index is -0.0805. The van der Waals surface area contributed by atoms with Gasteiger partial charge in [-0.2, -0.15) is 5.10 Å². The Hall–Kier alpha value is -9.29. The zero-order valence-electron chi connectivity index (χ0n) is 57.8. The van der Waals surface area contributed by atoms with Crippen molar-refractivity contribution < 1.29 is 33.2 Å². The molecule has 0 amide bonds. The number of aliphatic imine (C=N–C) groups is 1. The van der Waals surface area contributed by atoms with Crippen LogP contribution in [0, 0.1) is 29.6 Å². The zero-order valence-corrected chi connectivity index (χ0v) is 58.6. The zero-order chi connectivity index (χ0) is 69.2. The van der Waals surface area contributed by atoms with Crippen molar-refractivity contribution in [2.75, 3.05) is 0 Å². The van der Waals surface area contributed by atoms with Crippen molar-refractivity contribution in [3.8, 4) is 0 Å². The largest absolute Gasteiger partial charge is 0.434 e. The van der Waals surface area contributed by atoms with Gasteiger partial charge in [0.05, 0.1) is 38.8 Å². The number of H-pyrrole nitrogens is 1. The SMILES string of the molecule is CC.CC.CC.CC.CC.CC(=O)c1cn2ccccc2n1.CC(C)C(=O)C1=Nc2ccccc2C1.CC(C)C(=O)c1cn2ncccc2n1.CC(C)C(=O)c1nc2ccccc2[nH]1.CC(C)C(=O)c1nc2ccccc2o1.CC(C)C(=O)c1nc2ccccc2s1. The third kappa shape index (κ3) is 23.2. The van der Waals surface area contributed by atoms with Crippen LogP contribution in [-0.4, -0.2) is 84.3 Å². The monoisotopic (exact) mass is 1270 g/mol. The van der Waals surface area contributed by atoms with Gasteiger partial charge in [0.25, 0.3) is 5.89 Å². The Bertz CT molecular complexity index is 3560. The summed E-state index contributed by atoms with van der Waals surface area (Å²) in [5.74, 6) is 0.962. The first-order valence-corrected chi connectivity index (χ1v) is 32.8. The van der Waals surface area contributed by atoms with Crippen molar-refractivity contribution in [3.63, 3.8) is 0 Å². The molecule has 1 aliphatic rings. The molecule has 92 heavy (non-hydrogen) atoms. The first-order valence-electron chi connectivity index (χ1n) is 32.0. The van der Waals surface area contributed by atoms with E-state index in [0.29, 0.717) is 45.6 Å². The van der Waals surface area contributed by atoms with Gasteiger partial charge < -0.3 is 13.8 Å². The summed E-state index contributed by atoms with van der Waals surface area (Å²) >= 11 is 1.47. The number of carbonyl (C=O) groups excluding carboxylic acids is 6. The van der Waals surface area contributed by atoms with E-state index in [9.17, 15) is 28.8 Å². The molecule has 1 aliphatic heterocycles. The topological polar surface area (TPSA) is 230 Å². The number of nitrogens with zero attached hydrogens (tertiary/aromatic N) is 9. The molecule has 0 spiro atoms. The molecule has 1 N–H and O–H groups in total. The molecule has 490 valence electrons. The summed E-state index contributed by atoms with van der Waals surface area (Å²) in [4.78, 5) is 97.4. The lowest BCUT2D eigenvalue weighted by Crippen LogP contribution is -2.19. The van der Waals surface area contributed by atoms with Gasteiger partial charge in [0.15, 0.2) is 45.2 Å². The number of carbonyl (C=O) groups is 6. The van der Waals surface area contributed by atoms with Crippen molar-refractivity contribution >= 4 is 101 Å². The number of nitrogens with one attached hydrogen (secondary N) is 1. The molecule has 4 aromatic carbocycles. The predicted molar refractivity (Wildman–Crippen MR) is 378 cm³/mol. The smallest absolute Gasteiger partial charge is 0.264 e. The number of ketones is 6. The van der Waals surface area contributed by atoms with Crippen molar-refractivity contribution in [2.24, 2.45) is 34.6 Å². The maximum atomic E-state index is 11.7. The molecule has 0 saturated heterocycles. The molecular weight excluding hydrogens is 1170 g/mol. The summed E-state index contributed by atoms with van der Waals surface area (Å²) < 4.78 is 9.85. The fraction of sp³-hybridized carbons (Fsp3) is 0.365. The Kier molecular flexibility index (Phi) is 35.3. The van der Waals surface area contributed by atoms with Crippen LogP contribution in [-0.2, 0) is 11.2 Å². The van der Waals surface area contributed by atoms with E-state index in [1.54, 1.807) is 35.2 Å². The molecule has 0 radical (unpaired) electrons. The number of Topliss-reactive ketones (excluding diaryl/α,β-unsaturated/α-hetero) is 6. The van der Waals surface area contributed by atoms with Gasteiger partial charge in [-0.25, -0.2) is 34.4 Å². The molecule has 0 atom stereocenters. The van der Waals surface area contributed by atoms with Crippen LogP contribution in [0.1, 0.15) is 203 Å². The highest BCUT2D eigenvalue weighted by molar-refractivity contribution is 7.20. The molecule has 0 saturated carbocycles. The standard InChI is InChI=1S/C12H13NO.C11H12N2O.C11H11NO2.C11H11NOS.C10H11N3O.C9H8N2O.5C2H6/c1-8(2)12(14)11-7-9-5-3-4-6-10(9)13-11;1-7(2)10(14)11-12-8-5-3-4-6-9(8)13-11;2*1-7(2)10(13)11-12-8-5-3-4-6-9(8)14-11;1-7(2)10(14)8-6-13-9(12-8)4-3-5-11-13;1-7(12)8-6-11-5-3-2-4-9(11)10-8;5*1-2/h3-6,8H,7H2,1-2H3;3-7H,1-2H3,(H,12,13);3*3-7H,1-2H3;2-6H,1H3;5*1-2H3. The summed E-state index contributed by atoms with van der Waals surface area (Å²) in [5, 5.41) is 4.67. The van der Waals surface area contributed by atoms with Crippen LogP contribution in [0.2, 0.25) is 0 Å². The van der Waals surface area contributed by atoms with Crippen LogP contribution in [0.25, 0.3) is 43.6 Å². The molecule has 18 heteroatoms. The van der Waals surface area contributed by atoms with Gasteiger partial charge in [-0.1, -0.05) is 199 Å². The van der Waals surface area contributed by atoms with E-state index >= 15 is 0 Å². The van der Waals surface area contributed by atoms with Gasteiger partial charge in [0, 0.05) is 61.5 Å². The normalized spacial score (nSPS) is 10.6. The minimum Gasteiger partial charge on any atom is -0.434 e. The number of oxazole rings is 1. The number of aromatic nitrogens is 9. The quantitative estimate of drug-likeness (QED) is 0.119. The predicted octanol–water partition coefficient (Wildman–Crippen LogP) is 19.0. The van der Waals surface area contributed by atoms with Gasteiger partial charge >= 0.3 is 0 Å². The number of rotatable bonds is 11. The summed E-state index contributed by atoms with van der Waals surface area (Å²) in [7, 11) is 0. The lowest BCUT2D eigenvalue weighted by Gasteiger charge is -2.01. The van der Waals surface area contributed by atoms with Gasteiger partial charge in [-0.15, -0.1) is 11.3 Å². The molecular formula is C74H96N10O7S. The summed E-state index contributed by atoms with van der Waals surface area (Å²) in [6.07, 6.45) is 7.63. The van der Waals surface area contributed by atoms with Crippen LogP contribution in [0.4, 0.5) is 5.69 Å². The number of para-hydroxylation sites is 6. The first kappa shape index (κ1) is 78.8. The highest BCUT2D eigenvalue weighted by Crippen LogP contribution is 2.27. The summed E-state index contributed by atoms with van der Waals surface area (Å²) in [6, 6.07) is 40.0. The van der Waals surface area contributed by atoms with Crippen LogP contribution >= 0.6 is 11.3 Å². The Morgan fingerprint density at radius 2 is 1.02 bits per heavy atom. The third-order valence-electron chi connectivity index (χ3n) is 12.4. The fourth-order valence-corrected chi connectivity index (χ4v) is 8.81. The third-order valence-corrected chi connectivity index (χ3v) is 13.4. The number of pyridine rings is 1. The molecule has 8 heterocycles. The first-order chi connectivity index (χ1) is 44.2. The highest BCUT2D eigenvalue weighted by Gasteiger charge is 2.22. The van der Waals surface area contributed by atoms with E-state index in [-0.39, 0.29) is 70.2 Å². The van der Waals surface area contributed by atoms with Crippen LogP contribution in [0.3, 0.4) is 0 Å². The number of imidazole rings is 3. The fourth-order valence-electron chi connectivity index (χ4n) is 7.75. The number of benzene rings is 4. The average molecular weight is 1270 g/mol. The van der Waals surface area contributed by atoms with E-state index < -0.39 is 0 Å². The van der Waals surface area contributed by atoms with E-state index in [2.05, 4.69) is 40.0 Å². The van der Waals surface area contributed by atoms with Gasteiger partial charge in [-0.05, 0) is 72.3 Å². The van der Waals surface area contributed by atoms with Gasteiger partial charge in [-0.3, -0.25) is 28.8 Å². The van der Waals surface area contributed by atoms with Crippen molar-refractivity contribution in [2.45, 2.75) is 152 Å². The second kappa shape index (κ2) is 41.2. The maximum Gasteiger partial charge on any atom is 0.264 e. The second-order valence-electron chi connectivity index (χ2n) is 20.6. The Balaban J connectivity index is 0.000000366. The lowest BCUT2D eigenvalue weighted by atomic mass is 10.0. The molecule has 12 rings (SSSR count). The van der Waals surface area contributed by atoms with Gasteiger partial charge in [0.1, 0.15) is 22.6 Å². The molecule has 0 fully saturated rings. The number of fused-ring (bicyclic) bond motifs is 6. The van der Waals surface area contributed by atoms with Crippen LogP contribution in [0.5, 0.6) is 0 Å². The summed E-state index contributed by atoms with van der Waals surface area (Å²) in [6.45, 7) is 40.3. The Morgan fingerprint density at radius 3 is 1.58 bits per heavy atom. The molecule has 0 bridgehead atoms. The number of hydrogen-bond acceptors (Lipinski definition) is 15.